The minimum Gasteiger partial charge on any atom is -0.367 e. The molecule has 1 fully saturated rings. The van der Waals surface area contributed by atoms with Gasteiger partial charge in [0.25, 0.3) is 0 Å². The van der Waals surface area contributed by atoms with Crippen molar-refractivity contribution in [1.29, 1.82) is 0 Å². The van der Waals surface area contributed by atoms with E-state index in [0.717, 1.165) is 24.4 Å². The fraction of sp³-hybridized carbons (Fsp3) is 0.643. The van der Waals surface area contributed by atoms with Gasteiger partial charge in [0.2, 0.25) is 5.91 Å². The number of aromatic nitrogens is 2. The quantitative estimate of drug-likeness (QED) is 0.902. The molecule has 1 aromatic heterocycles. The minimum atomic E-state index is 0.132. The Labute approximate surface area is 114 Å². The molecule has 5 heteroatoms. The number of nitrogens with zero attached hydrogens (tertiary/aromatic N) is 3. The van der Waals surface area contributed by atoms with Crippen LogP contribution in [0.5, 0.6) is 0 Å². The van der Waals surface area contributed by atoms with Crippen molar-refractivity contribution in [2.24, 2.45) is 0 Å². The van der Waals surface area contributed by atoms with Crippen molar-refractivity contribution >= 4 is 11.7 Å². The molecule has 0 spiro atoms. The summed E-state index contributed by atoms with van der Waals surface area (Å²) in [7, 11) is 1.87. The molecule has 2 rings (SSSR count). The van der Waals surface area contributed by atoms with Gasteiger partial charge in [-0.15, -0.1) is 0 Å². The molecule has 1 aromatic rings. The lowest BCUT2D eigenvalue weighted by Gasteiger charge is -2.41. The van der Waals surface area contributed by atoms with E-state index >= 15 is 0 Å². The summed E-state index contributed by atoms with van der Waals surface area (Å²) in [6, 6.07) is 2.77. The van der Waals surface area contributed by atoms with E-state index in [4.69, 9.17) is 0 Å². The highest BCUT2D eigenvalue weighted by molar-refractivity contribution is 5.73. The van der Waals surface area contributed by atoms with Crippen LogP contribution in [0.3, 0.4) is 0 Å². The summed E-state index contributed by atoms with van der Waals surface area (Å²) in [5.41, 5.74) is 1.05. The lowest BCUT2D eigenvalue weighted by Crippen LogP contribution is -2.50. The molecular formula is C14H22N4O. The van der Waals surface area contributed by atoms with Crippen molar-refractivity contribution in [2.45, 2.75) is 51.6 Å². The molecule has 1 aliphatic carbocycles. The molecule has 0 unspecified atom stereocenters. The Kier molecular flexibility index (Phi) is 4.02. The zero-order valence-corrected chi connectivity index (χ0v) is 12.1. The van der Waals surface area contributed by atoms with Gasteiger partial charge >= 0.3 is 0 Å². The fourth-order valence-corrected chi connectivity index (χ4v) is 2.26. The minimum absolute atomic E-state index is 0.132. The topological polar surface area (TPSA) is 58.1 Å². The van der Waals surface area contributed by atoms with Crippen LogP contribution >= 0.6 is 0 Å². The van der Waals surface area contributed by atoms with Crippen LogP contribution in [0.15, 0.2) is 12.4 Å². The predicted octanol–water partition coefficient (Wildman–Crippen LogP) is 2.02. The van der Waals surface area contributed by atoms with Crippen LogP contribution in [0.25, 0.3) is 0 Å². The molecule has 19 heavy (non-hydrogen) atoms. The van der Waals surface area contributed by atoms with Crippen LogP contribution in [0.4, 0.5) is 5.82 Å². The highest BCUT2D eigenvalue weighted by atomic mass is 16.2. The highest BCUT2D eigenvalue weighted by Gasteiger charge is 2.33. The van der Waals surface area contributed by atoms with Gasteiger partial charge < -0.3 is 10.2 Å². The third-order valence-corrected chi connectivity index (χ3v) is 3.79. The number of hydrogen-bond acceptors (Lipinski definition) is 4. The number of carbonyl (C=O) groups excluding carboxylic acids is 1. The van der Waals surface area contributed by atoms with Crippen molar-refractivity contribution in [3.63, 3.8) is 0 Å². The van der Waals surface area contributed by atoms with E-state index in [-0.39, 0.29) is 5.91 Å². The maximum absolute atomic E-state index is 11.2. The van der Waals surface area contributed by atoms with E-state index in [2.05, 4.69) is 29.1 Å². The molecule has 104 valence electrons. The van der Waals surface area contributed by atoms with E-state index < -0.39 is 0 Å². The summed E-state index contributed by atoms with van der Waals surface area (Å²) in [5, 5.41) is 3.41. The van der Waals surface area contributed by atoms with Gasteiger partial charge in [-0.2, -0.15) is 0 Å². The molecule has 1 aliphatic rings. The summed E-state index contributed by atoms with van der Waals surface area (Å²) in [4.78, 5) is 21.6. The summed E-state index contributed by atoms with van der Waals surface area (Å²) in [6.07, 6.45) is 3.57. The molecule has 0 bridgehead atoms. The van der Waals surface area contributed by atoms with Crippen LogP contribution in [0.1, 0.15) is 45.2 Å². The summed E-state index contributed by atoms with van der Waals surface area (Å²) in [6.45, 7) is 5.85. The number of nitrogens with one attached hydrogen (secondary N) is 1. The lowest BCUT2D eigenvalue weighted by molar-refractivity contribution is -0.131. The van der Waals surface area contributed by atoms with Crippen molar-refractivity contribution in [3.05, 3.63) is 18.1 Å². The number of rotatable bonds is 4. The SMILES string of the molecule is CC(=O)N(C)[C@H]1C[C@H](Nc2cc(C(C)C)ncn2)C1. The first-order chi connectivity index (χ1) is 8.97. The second kappa shape index (κ2) is 5.55. The largest absolute Gasteiger partial charge is 0.367 e. The van der Waals surface area contributed by atoms with Crippen molar-refractivity contribution in [1.82, 2.24) is 14.9 Å². The third-order valence-electron chi connectivity index (χ3n) is 3.79. The lowest BCUT2D eigenvalue weighted by atomic mass is 9.85. The van der Waals surface area contributed by atoms with Crippen molar-refractivity contribution < 1.29 is 4.79 Å². The maximum Gasteiger partial charge on any atom is 0.219 e. The van der Waals surface area contributed by atoms with Gasteiger partial charge in [-0.3, -0.25) is 4.79 Å². The summed E-state index contributed by atoms with van der Waals surface area (Å²) < 4.78 is 0. The van der Waals surface area contributed by atoms with Gasteiger partial charge in [0.1, 0.15) is 12.1 Å². The third kappa shape index (κ3) is 3.22. The van der Waals surface area contributed by atoms with Gasteiger partial charge in [0.15, 0.2) is 0 Å². The Bertz CT molecular complexity index is 455. The molecule has 0 aromatic carbocycles. The highest BCUT2D eigenvalue weighted by Crippen LogP contribution is 2.27. The van der Waals surface area contributed by atoms with Gasteiger partial charge in [0, 0.05) is 37.8 Å². The zero-order valence-electron chi connectivity index (χ0n) is 12.1. The maximum atomic E-state index is 11.2. The van der Waals surface area contributed by atoms with E-state index in [9.17, 15) is 4.79 Å². The van der Waals surface area contributed by atoms with Crippen molar-refractivity contribution in [2.75, 3.05) is 12.4 Å². The summed E-state index contributed by atoms with van der Waals surface area (Å²) in [5.74, 6) is 1.42. The number of amides is 1. The van der Waals surface area contributed by atoms with Crippen LogP contribution in [-0.4, -0.2) is 39.9 Å². The molecule has 0 saturated heterocycles. The van der Waals surface area contributed by atoms with Crippen molar-refractivity contribution in [3.8, 4) is 0 Å². The second-order valence-electron chi connectivity index (χ2n) is 5.58. The Hall–Kier alpha value is -1.65. The van der Waals surface area contributed by atoms with Gasteiger partial charge in [-0.25, -0.2) is 9.97 Å². The number of hydrogen-bond donors (Lipinski definition) is 1. The number of carbonyl (C=O) groups is 1. The number of anilines is 1. The van der Waals surface area contributed by atoms with Crippen LogP contribution in [-0.2, 0) is 4.79 Å². The Morgan fingerprint density at radius 3 is 2.68 bits per heavy atom. The molecule has 1 saturated carbocycles. The first kappa shape index (κ1) is 13.8. The molecular weight excluding hydrogens is 240 g/mol. The Balaban J connectivity index is 1.87. The molecule has 5 nitrogen and oxygen atoms in total. The summed E-state index contributed by atoms with van der Waals surface area (Å²) >= 11 is 0. The van der Waals surface area contributed by atoms with Gasteiger partial charge in [-0.1, -0.05) is 13.8 Å². The Morgan fingerprint density at radius 1 is 1.42 bits per heavy atom. The van der Waals surface area contributed by atoms with Crippen LogP contribution in [0.2, 0.25) is 0 Å². The van der Waals surface area contributed by atoms with Crippen LogP contribution in [0, 0.1) is 0 Å². The average Bonchev–Trinajstić information content (AvgIpc) is 2.32. The normalized spacial score (nSPS) is 21.9. The molecule has 1 N–H and O–H groups in total. The molecule has 0 atom stereocenters. The average molecular weight is 262 g/mol. The molecule has 1 amide bonds. The van der Waals surface area contributed by atoms with Gasteiger partial charge in [0.05, 0.1) is 0 Å². The van der Waals surface area contributed by atoms with E-state index in [0.29, 0.717) is 18.0 Å². The molecule has 1 heterocycles. The van der Waals surface area contributed by atoms with Gasteiger partial charge in [-0.05, 0) is 18.8 Å². The second-order valence-corrected chi connectivity index (χ2v) is 5.58. The smallest absolute Gasteiger partial charge is 0.219 e. The fourth-order valence-electron chi connectivity index (χ4n) is 2.26. The van der Waals surface area contributed by atoms with E-state index in [1.165, 1.54) is 0 Å². The molecule has 0 radical (unpaired) electrons. The van der Waals surface area contributed by atoms with Crippen LogP contribution < -0.4 is 5.32 Å². The van der Waals surface area contributed by atoms with E-state index in [1.807, 2.05) is 18.0 Å². The zero-order chi connectivity index (χ0) is 14.0. The predicted molar refractivity (Wildman–Crippen MR) is 75.0 cm³/mol. The monoisotopic (exact) mass is 262 g/mol. The van der Waals surface area contributed by atoms with E-state index in [1.54, 1.807) is 13.3 Å². The Morgan fingerprint density at radius 2 is 2.11 bits per heavy atom. The standard InChI is InChI=1S/C14H22N4O/c1-9(2)13-7-14(16-8-15-13)17-11-5-12(6-11)18(4)10(3)19/h7-9,11-12H,5-6H2,1-4H3,(H,15,16,17)/t11-,12-. The first-order valence-corrected chi connectivity index (χ1v) is 6.79. The molecule has 0 aliphatic heterocycles. The first-order valence-electron chi connectivity index (χ1n) is 6.79.